The molecule has 5 nitrogen and oxygen atoms in total. The highest BCUT2D eigenvalue weighted by Crippen LogP contribution is 2.19. The standard InChI is InChI=1S/C11H17N3O2S/c1-13-11(15)8-3-4-10(9(12)7-8)14-5-6-17(2)16/h3-4,7,14H,5-6,12H2,1-2H3,(H,13,15). The third-order valence-corrected chi connectivity index (χ3v) is 3.02. The van der Waals surface area contributed by atoms with E-state index in [2.05, 4.69) is 10.6 Å². The van der Waals surface area contributed by atoms with Gasteiger partial charge in [-0.05, 0) is 18.2 Å². The van der Waals surface area contributed by atoms with E-state index in [9.17, 15) is 9.00 Å². The van der Waals surface area contributed by atoms with E-state index in [0.29, 0.717) is 23.5 Å². The monoisotopic (exact) mass is 255 g/mol. The van der Waals surface area contributed by atoms with Gasteiger partial charge in [-0.1, -0.05) is 0 Å². The van der Waals surface area contributed by atoms with Gasteiger partial charge in [0.15, 0.2) is 0 Å². The summed E-state index contributed by atoms with van der Waals surface area (Å²) in [5, 5.41) is 5.61. The van der Waals surface area contributed by atoms with Crippen molar-refractivity contribution in [3.63, 3.8) is 0 Å². The molecule has 94 valence electrons. The lowest BCUT2D eigenvalue weighted by molar-refractivity contribution is 0.0963. The average molecular weight is 255 g/mol. The van der Waals surface area contributed by atoms with Gasteiger partial charge in [0, 0.05) is 42.0 Å². The summed E-state index contributed by atoms with van der Waals surface area (Å²) in [5.41, 5.74) is 7.60. The van der Waals surface area contributed by atoms with E-state index in [4.69, 9.17) is 5.73 Å². The molecule has 1 aromatic carbocycles. The molecule has 1 amide bonds. The molecule has 0 bridgehead atoms. The number of hydrogen-bond donors (Lipinski definition) is 3. The number of anilines is 2. The summed E-state index contributed by atoms with van der Waals surface area (Å²) in [6.07, 6.45) is 1.65. The maximum Gasteiger partial charge on any atom is 0.251 e. The van der Waals surface area contributed by atoms with Crippen molar-refractivity contribution in [2.45, 2.75) is 0 Å². The first-order valence-electron chi connectivity index (χ1n) is 5.20. The molecule has 0 radical (unpaired) electrons. The van der Waals surface area contributed by atoms with E-state index in [1.165, 1.54) is 0 Å². The molecular formula is C11H17N3O2S. The first kappa shape index (κ1) is 13.5. The molecule has 0 fully saturated rings. The summed E-state index contributed by atoms with van der Waals surface area (Å²) < 4.78 is 10.9. The average Bonchev–Trinajstić information content (AvgIpc) is 2.29. The fourth-order valence-corrected chi connectivity index (χ4v) is 1.73. The van der Waals surface area contributed by atoms with E-state index in [1.54, 1.807) is 31.5 Å². The van der Waals surface area contributed by atoms with Gasteiger partial charge in [0.25, 0.3) is 5.91 Å². The maximum absolute atomic E-state index is 11.4. The van der Waals surface area contributed by atoms with Crippen LogP contribution in [0.1, 0.15) is 10.4 Å². The number of hydrogen-bond acceptors (Lipinski definition) is 4. The van der Waals surface area contributed by atoms with Gasteiger partial charge >= 0.3 is 0 Å². The molecule has 1 unspecified atom stereocenters. The van der Waals surface area contributed by atoms with Crippen molar-refractivity contribution in [3.05, 3.63) is 23.8 Å². The molecule has 1 atom stereocenters. The number of carbonyl (C=O) groups excluding carboxylic acids is 1. The Balaban J connectivity index is 2.69. The first-order valence-corrected chi connectivity index (χ1v) is 6.93. The minimum absolute atomic E-state index is 0.169. The van der Waals surface area contributed by atoms with Gasteiger partial charge in [-0.15, -0.1) is 0 Å². The molecule has 17 heavy (non-hydrogen) atoms. The van der Waals surface area contributed by atoms with Crippen molar-refractivity contribution in [2.24, 2.45) is 0 Å². The van der Waals surface area contributed by atoms with Crippen molar-refractivity contribution < 1.29 is 9.00 Å². The second-order valence-corrected chi connectivity index (χ2v) is 5.14. The van der Waals surface area contributed by atoms with Crippen LogP contribution in [-0.4, -0.2) is 35.7 Å². The second-order valence-electron chi connectivity index (χ2n) is 3.59. The van der Waals surface area contributed by atoms with Gasteiger partial charge in [-0.3, -0.25) is 9.00 Å². The highest BCUT2D eigenvalue weighted by atomic mass is 32.2. The molecule has 6 heteroatoms. The Bertz CT molecular complexity index is 435. The molecule has 0 saturated heterocycles. The van der Waals surface area contributed by atoms with Crippen molar-refractivity contribution in [1.29, 1.82) is 0 Å². The molecular weight excluding hydrogens is 238 g/mol. The number of nitrogens with one attached hydrogen (secondary N) is 2. The number of nitrogen functional groups attached to an aromatic ring is 1. The van der Waals surface area contributed by atoms with Crippen LogP contribution in [-0.2, 0) is 10.8 Å². The van der Waals surface area contributed by atoms with E-state index in [-0.39, 0.29) is 5.91 Å². The Hall–Kier alpha value is -1.56. The van der Waals surface area contributed by atoms with Crippen LogP contribution in [0.4, 0.5) is 11.4 Å². The largest absolute Gasteiger partial charge is 0.397 e. The van der Waals surface area contributed by atoms with Gasteiger partial charge in [0.1, 0.15) is 0 Å². The van der Waals surface area contributed by atoms with Crippen molar-refractivity contribution in [3.8, 4) is 0 Å². The van der Waals surface area contributed by atoms with Crippen LogP contribution in [0.15, 0.2) is 18.2 Å². The van der Waals surface area contributed by atoms with E-state index >= 15 is 0 Å². The zero-order valence-corrected chi connectivity index (χ0v) is 10.8. The fourth-order valence-electron chi connectivity index (χ4n) is 1.34. The highest BCUT2D eigenvalue weighted by Gasteiger charge is 2.06. The SMILES string of the molecule is CNC(=O)c1ccc(NCCS(C)=O)c(N)c1. The molecule has 1 rings (SSSR count). The molecule has 0 aliphatic heterocycles. The van der Waals surface area contributed by atoms with Gasteiger partial charge in [-0.2, -0.15) is 0 Å². The van der Waals surface area contributed by atoms with Crippen molar-refractivity contribution in [1.82, 2.24) is 5.32 Å². The minimum atomic E-state index is -0.826. The lowest BCUT2D eigenvalue weighted by Gasteiger charge is -2.09. The third-order valence-electron chi connectivity index (χ3n) is 2.25. The number of benzene rings is 1. The predicted molar refractivity (Wildman–Crippen MR) is 71.7 cm³/mol. The predicted octanol–water partition coefficient (Wildman–Crippen LogP) is 0.419. The highest BCUT2D eigenvalue weighted by molar-refractivity contribution is 7.84. The van der Waals surface area contributed by atoms with Gasteiger partial charge < -0.3 is 16.4 Å². The first-order chi connectivity index (χ1) is 8.04. The van der Waals surface area contributed by atoms with Crippen molar-refractivity contribution in [2.75, 3.05) is 36.7 Å². The zero-order valence-electron chi connectivity index (χ0n) is 9.95. The van der Waals surface area contributed by atoms with Crippen LogP contribution >= 0.6 is 0 Å². The molecule has 1 aromatic rings. The summed E-state index contributed by atoms with van der Waals surface area (Å²) in [5.74, 6) is 0.398. The Morgan fingerprint density at radius 2 is 2.18 bits per heavy atom. The summed E-state index contributed by atoms with van der Waals surface area (Å²) in [6.45, 7) is 0.590. The van der Waals surface area contributed by atoms with Crippen LogP contribution < -0.4 is 16.4 Å². The quantitative estimate of drug-likeness (QED) is 0.666. The normalized spacial score (nSPS) is 11.9. The Morgan fingerprint density at radius 1 is 1.47 bits per heavy atom. The summed E-state index contributed by atoms with van der Waals surface area (Å²) in [7, 11) is 0.744. The topological polar surface area (TPSA) is 84.2 Å². The molecule has 0 aromatic heterocycles. The lowest BCUT2D eigenvalue weighted by Crippen LogP contribution is -2.18. The van der Waals surface area contributed by atoms with Crippen LogP contribution in [0.2, 0.25) is 0 Å². The second kappa shape index (κ2) is 6.24. The summed E-state index contributed by atoms with van der Waals surface area (Å²) >= 11 is 0. The fraction of sp³-hybridized carbons (Fsp3) is 0.364. The number of amides is 1. The van der Waals surface area contributed by atoms with Crippen LogP contribution in [0.25, 0.3) is 0 Å². The lowest BCUT2D eigenvalue weighted by atomic mass is 10.1. The maximum atomic E-state index is 11.4. The number of rotatable bonds is 5. The minimum Gasteiger partial charge on any atom is -0.397 e. The van der Waals surface area contributed by atoms with Crippen molar-refractivity contribution >= 4 is 28.1 Å². The van der Waals surface area contributed by atoms with E-state index in [0.717, 1.165) is 5.69 Å². The van der Waals surface area contributed by atoms with E-state index < -0.39 is 10.8 Å². The number of nitrogens with two attached hydrogens (primary N) is 1. The summed E-state index contributed by atoms with van der Waals surface area (Å²) in [4.78, 5) is 11.4. The van der Waals surface area contributed by atoms with Crippen LogP contribution in [0.5, 0.6) is 0 Å². The third kappa shape index (κ3) is 4.07. The molecule has 0 saturated carbocycles. The molecule has 0 aliphatic carbocycles. The Morgan fingerprint density at radius 3 is 2.71 bits per heavy atom. The van der Waals surface area contributed by atoms with Crippen LogP contribution in [0.3, 0.4) is 0 Å². The van der Waals surface area contributed by atoms with Gasteiger partial charge in [0.2, 0.25) is 0 Å². The zero-order chi connectivity index (χ0) is 12.8. The molecule has 0 heterocycles. The summed E-state index contributed by atoms with van der Waals surface area (Å²) in [6, 6.07) is 5.06. The molecule has 4 N–H and O–H groups in total. The van der Waals surface area contributed by atoms with Gasteiger partial charge in [-0.25, -0.2) is 0 Å². The molecule has 0 aliphatic rings. The molecule has 0 spiro atoms. The smallest absolute Gasteiger partial charge is 0.251 e. The van der Waals surface area contributed by atoms with Gasteiger partial charge in [0.05, 0.1) is 11.4 Å². The van der Waals surface area contributed by atoms with Crippen LogP contribution in [0, 0.1) is 0 Å². The number of carbonyl (C=O) groups is 1. The Labute approximate surface area is 103 Å². The Kier molecular flexibility index (Phi) is 4.96. The van der Waals surface area contributed by atoms with E-state index in [1.807, 2.05) is 0 Å².